The molecular weight excluding hydrogens is 451 g/mol. The van der Waals surface area contributed by atoms with Gasteiger partial charge in [-0.25, -0.2) is 8.42 Å². The average Bonchev–Trinajstić information content (AvgIpc) is 2.67. The van der Waals surface area contributed by atoms with E-state index in [1.807, 2.05) is 6.92 Å². The second kappa shape index (κ2) is 8.88. The molecule has 0 amide bonds. The molecule has 0 saturated heterocycles. The summed E-state index contributed by atoms with van der Waals surface area (Å²) >= 11 is 18.4. The van der Waals surface area contributed by atoms with Crippen molar-refractivity contribution in [3.63, 3.8) is 0 Å². The smallest absolute Gasteiger partial charge is 0.185 e. The van der Waals surface area contributed by atoms with E-state index in [4.69, 9.17) is 34.8 Å². The van der Waals surface area contributed by atoms with Crippen LogP contribution in [-0.4, -0.2) is 14.2 Å². The van der Waals surface area contributed by atoms with Crippen LogP contribution in [0.3, 0.4) is 0 Å². The minimum absolute atomic E-state index is 0.128. The fraction of sp³-hybridized carbons (Fsp3) is 0.136. The fourth-order valence-electron chi connectivity index (χ4n) is 3.01. The zero-order chi connectivity index (χ0) is 21.2. The van der Waals surface area contributed by atoms with Crippen LogP contribution in [0.4, 0.5) is 0 Å². The number of carbonyl (C=O) groups excluding carboxylic acids is 1. The van der Waals surface area contributed by atoms with Crippen molar-refractivity contribution in [1.82, 2.24) is 0 Å². The molecule has 3 aromatic rings. The van der Waals surface area contributed by atoms with Crippen molar-refractivity contribution >= 4 is 50.4 Å². The van der Waals surface area contributed by atoms with Gasteiger partial charge in [0.15, 0.2) is 15.6 Å². The number of Topliss-reactive ketones (excluding diaryl/α,β-unsaturated/α-hetero) is 1. The van der Waals surface area contributed by atoms with Gasteiger partial charge in [0.2, 0.25) is 0 Å². The number of aryl methyl sites for hydroxylation is 1. The minimum atomic E-state index is -3.89. The normalized spacial score (nSPS) is 12.6. The highest BCUT2D eigenvalue weighted by Crippen LogP contribution is 2.37. The first-order valence-corrected chi connectivity index (χ1v) is 11.4. The van der Waals surface area contributed by atoms with Gasteiger partial charge < -0.3 is 0 Å². The standard InChI is InChI=1S/C22H17Cl3O3S/c1-14-6-9-16(10-7-14)29(27,28)22(18-4-2-3-5-19(18)24)13-21(26)17-11-8-15(23)12-20(17)25/h2-12,22H,13H2,1H3/t22-/m1/s1. The number of hydrogen-bond donors (Lipinski definition) is 0. The van der Waals surface area contributed by atoms with Crippen molar-refractivity contribution in [2.75, 3.05) is 0 Å². The second-order valence-electron chi connectivity index (χ2n) is 6.62. The van der Waals surface area contributed by atoms with E-state index in [0.29, 0.717) is 10.6 Å². The van der Waals surface area contributed by atoms with Gasteiger partial charge in [-0.05, 0) is 48.9 Å². The lowest BCUT2D eigenvalue weighted by molar-refractivity contribution is 0.0981. The number of hydrogen-bond acceptors (Lipinski definition) is 3. The molecule has 1 atom stereocenters. The minimum Gasteiger partial charge on any atom is -0.294 e. The van der Waals surface area contributed by atoms with Gasteiger partial charge in [0.25, 0.3) is 0 Å². The molecule has 0 aliphatic rings. The number of halogens is 3. The monoisotopic (exact) mass is 466 g/mol. The molecule has 0 N–H and O–H groups in total. The lowest BCUT2D eigenvalue weighted by Gasteiger charge is -2.19. The maximum Gasteiger partial charge on any atom is 0.185 e. The summed E-state index contributed by atoms with van der Waals surface area (Å²) < 4.78 is 26.9. The van der Waals surface area contributed by atoms with Crippen molar-refractivity contribution in [2.45, 2.75) is 23.5 Å². The Balaban J connectivity index is 2.08. The van der Waals surface area contributed by atoms with Crippen LogP contribution in [0.5, 0.6) is 0 Å². The topological polar surface area (TPSA) is 51.2 Å². The lowest BCUT2D eigenvalue weighted by Crippen LogP contribution is -2.18. The fourth-order valence-corrected chi connectivity index (χ4v) is 5.61. The summed E-state index contributed by atoms with van der Waals surface area (Å²) in [5, 5.41) is -0.309. The zero-order valence-corrected chi connectivity index (χ0v) is 18.5. The molecule has 0 fully saturated rings. The van der Waals surface area contributed by atoms with Crippen LogP contribution >= 0.6 is 34.8 Å². The number of carbonyl (C=O) groups is 1. The zero-order valence-electron chi connectivity index (χ0n) is 15.4. The van der Waals surface area contributed by atoms with Crippen LogP contribution in [0.2, 0.25) is 15.1 Å². The van der Waals surface area contributed by atoms with Gasteiger partial charge in [0, 0.05) is 22.0 Å². The molecular formula is C22H17Cl3O3S. The lowest BCUT2D eigenvalue weighted by atomic mass is 10.0. The van der Waals surface area contributed by atoms with E-state index in [9.17, 15) is 13.2 Å². The summed E-state index contributed by atoms with van der Waals surface area (Å²) in [6.45, 7) is 1.87. The summed E-state index contributed by atoms with van der Waals surface area (Å²) in [6, 6.07) is 17.6. The van der Waals surface area contributed by atoms with Gasteiger partial charge >= 0.3 is 0 Å². The highest BCUT2D eigenvalue weighted by Gasteiger charge is 2.33. The molecule has 3 aromatic carbocycles. The van der Waals surface area contributed by atoms with Crippen LogP contribution < -0.4 is 0 Å². The summed E-state index contributed by atoms with van der Waals surface area (Å²) in [7, 11) is -3.89. The second-order valence-corrected chi connectivity index (χ2v) is 10.0. The number of benzene rings is 3. The quantitative estimate of drug-likeness (QED) is 0.377. The van der Waals surface area contributed by atoms with E-state index in [-0.39, 0.29) is 26.9 Å². The third-order valence-electron chi connectivity index (χ3n) is 4.58. The van der Waals surface area contributed by atoms with Gasteiger partial charge in [-0.3, -0.25) is 4.79 Å². The van der Waals surface area contributed by atoms with Gasteiger partial charge in [-0.15, -0.1) is 0 Å². The van der Waals surface area contributed by atoms with Crippen LogP contribution in [0.1, 0.15) is 33.2 Å². The SMILES string of the molecule is Cc1ccc(S(=O)(=O)[C@H](CC(=O)c2ccc(Cl)cc2Cl)c2ccccc2Cl)cc1. The van der Waals surface area contributed by atoms with Crippen LogP contribution in [0.25, 0.3) is 0 Å². The van der Waals surface area contributed by atoms with Crippen molar-refractivity contribution in [3.8, 4) is 0 Å². The number of sulfone groups is 1. The molecule has 0 aliphatic carbocycles. The Kier molecular flexibility index (Phi) is 6.69. The molecule has 7 heteroatoms. The van der Waals surface area contributed by atoms with Crippen molar-refractivity contribution in [1.29, 1.82) is 0 Å². The average molecular weight is 468 g/mol. The molecule has 29 heavy (non-hydrogen) atoms. The van der Waals surface area contributed by atoms with E-state index in [1.54, 1.807) is 42.5 Å². The van der Waals surface area contributed by atoms with E-state index in [2.05, 4.69) is 0 Å². The van der Waals surface area contributed by atoms with Gasteiger partial charge in [-0.2, -0.15) is 0 Å². The molecule has 0 saturated carbocycles. The molecule has 150 valence electrons. The first kappa shape index (κ1) is 21.8. The Morgan fingerprint density at radius 1 is 0.897 bits per heavy atom. The third-order valence-corrected chi connectivity index (χ3v) is 7.57. The first-order chi connectivity index (χ1) is 13.7. The molecule has 0 aliphatic heterocycles. The maximum absolute atomic E-state index is 13.4. The Labute approximate surface area is 185 Å². The molecule has 0 aromatic heterocycles. The van der Waals surface area contributed by atoms with Crippen molar-refractivity contribution in [2.24, 2.45) is 0 Å². The Morgan fingerprint density at radius 3 is 2.17 bits per heavy atom. The Bertz CT molecular complexity index is 1160. The van der Waals surface area contributed by atoms with Crippen molar-refractivity contribution < 1.29 is 13.2 Å². The highest BCUT2D eigenvalue weighted by atomic mass is 35.5. The molecule has 0 unspecified atom stereocenters. The molecule has 0 spiro atoms. The molecule has 3 nitrogen and oxygen atoms in total. The predicted octanol–water partition coefficient (Wildman–Crippen LogP) is 6.74. The van der Waals surface area contributed by atoms with Crippen molar-refractivity contribution in [3.05, 3.63) is 98.5 Å². The first-order valence-electron chi connectivity index (χ1n) is 8.73. The van der Waals surface area contributed by atoms with Gasteiger partial charge in [0.1, 0.15) is 0 Å². The summed E-state index contributed by atoms with van der Waals surface area (Å²) in [5.74, 6) is -0.410. The number of ketones is 1. The van der Waals surface area contributed by atoms with Crippen LogP contribution in [0.15, 0.2) is 71.6 Å². The summed E-state index contributed by atoms with van der Waals surface area (Å²) in [4.78, 5) is 13.1. The molecule has 0 bridgehead atoms. The van der Waals surface area contributed by atoms with E-state index in [0.717, 1.165) is 5.56 Å². The van der Waals surface area contributed by atoms with Crippen LogP contribution in [0, 0.1) is 6.92 Å². The van der Waals surface area contributed by atoms with Gasteiger partial charge in [-0.1, -0.05) is 70.7 Å². The van der Waals surface area contributed by atoms with E-state index < -0.39 is 20.9 Å². The van der Waals surface area contributed by atoms with E-state index >= 15 is 0 Å². The third kappa shape index (κ3) is 4.84. The largest absolute Gasteiger partial charge is 0.294 e. The number of rotatable bonds is 6. The summed E-state index contributed by atoms with van der Waals surface area (Å²) in [6.07, 6.45) is -0.304. The Hall–Kier alpha value is -1.85. The molecule has 0 heterocycles. The van der Waals surface area contributed by atoms with Crippen LogP contribution in [-0.2, 0) is 9.84 Å². The Morgan fingerprint density at radius 2 is 1.55 bits per heavy atom. The summed E-state index contributed by atoms with van der Waals surface area (Å²) in [5.41, 5.74) is 1.52. The van der Waals surface area contributed by atoms with E-state index in [1.165, 1.54) is 24.3 Å². The highest BCUT2D eigenvalue weighted by molar-refractivity contribution is 7.91. The van der Waals surface area contributed by atoms with Gasteiger partial charge in [0.05, 0.1) is 15.2 Å². The molecule has 0 radical (unpaired) electrons. The maximum atomic E-state index is 13.4. The predicted molar refractivity (Wildman–Crippen MR) is 118 cm³/mol. The molecule has 3 rings (SSSR count).